The third-order valence-corrected chi connectivity index (χ3v) is 7.97. The van der Waals surface area contributed by atoms with E-state index in [0.29, 0.717) is 6.04 Å². The number of likely N-dealkylation sites (tertiary alicyclic amines) is 1. The largest absolute Gasteiger partial charge is 0.481 e. The summed E-state index contributed by atoms with van der Waals surface area (Å²) in [6.07, 6.45) is 11.4. The molecule has 0 radical (unpaired) electrons. The molecule has 0 aromatic heterocycles. The quantitative estimate of drug-likeness (QED) is 0.125. The average Bonchev–Trinajstić information content (AvgIpc) is 2.84. The maximum Gasteiger partial charge on any atom is 0.307 e. The van der Waals surface area contributed by atoms with Crippen molar-refractivity contribution >= 4 is 23.9 Å². The van der Waals surface area contributed by atoms with E-state index in [-0.39, 0.29) is 17.4 Å². The van der Waals surface area contributed by atoms with Crippen LogP contribution in [0, 0.1) is 22.7 Å². The Kier molecular flexibility index (Phi) is 15.0. The van der Waals surface area contributed by atoms with Gasteiger partial charge in [-0.3, -0.25) is 19.2 Å². The Labute approximate surface area is 234 Å². The molecule has 0 aromatic rings. The number of aliphatic carboxylic acids is 3. The van der Waals surface area contributed by atoms with Crippen molar-refractivity contribution in [3.05, 3.63) is 0 Å². The van der Waals surface area contributed by atoms with Gasteiger partial charge in [0.25, 0.3) is 0 Å². The van der Waals surface area contributed by atoms with Crippen molar-refractivity contribution in [2.45, 2.75) is 124 Å². The molecule has 3 unspecified atom stereocenters. The van der Waals surface area contributed by atoms with Gasteiger partial charge in [-0.2, -0.15) is 0 Å². The number of unbranched alkanes of at least 4 members (excludes halogenated alkanes) is 4. The van der Waals surface area contributed by atoms with Crippen molar-refractivity contribution < 1.29 is 39.2 Å². The summed E-state index contributed by atoms with van der Waals surface area (Å²) in [6, 6.07) is 0.336. The maximum atomic E-state index is 12.6. The molecule has 3 N–H and O–H groups in total. The van der Waals surface area contributed by atoms with Crippen LogP contribution in [-0.4, -0.2) is 69.8 Å². The number of carbonyl (C=O) groups excluding carboxylic acids is 1. The Hall–Kier alpha value is -2.16. The summed E-state index contributed by atoms with van der Waals surface area (Å²) in [7, 11) is 0. The predicted octanol–water partition coefficient (Wildman–Crippen LogP) is 5.84. The fourth-order valence-corrected chi connectivity index (χ4v) is 5.76. The van der Waals surface area contributed by atoms with Crippen molar-refractivity contribution in [2.75, 3.05) is 19.7 Å². The van der Waals surface area contributed by atoms with Crippen molar-refractivity contribution in [3.63, 3.8) is 0 Å². The normalized spacial score (nSPS) is 17.3. The van der Waals surface area contributed by atoms with Crippen LogP contribution in [0.1, 0.15) is 118 Å². The first kappa shape index (κ1) is 34.9. The van der Waals surface area contributed by atoms with Gasteiger partial charge in [-0.1, -0.05) is 73.1 Å². The van der Waals surface area contributed by atoms with Crippen LogP contribution in [0.5, 0.6) is 0 Å². The highest BCUT2D eigenvalue weighted by Gasteiger charge is 2.38. The van der Waals surface area contributed by atoms with Crippen LogP contribution >= 0.6 is 0 Å². The van der Waals surface area contributed by atoms with Crippen LogP contribution in [0.3, 0.4) is 0 Å². The minimum Gasteiger partial charge on any atom is -0.481 e. The van der Waals surface area contributed by atoms with Crippen molar-refractivity contribution in [1.82, 2.24) is 4.90 Å². The summed E-state index contributed by atoms with van der Waals surface area (Å²) in [5.41, 5.74) is -0.188. The number of carboxylic acid groups (broad SMARTS) is 3. The Morgan fingerprint density at radius 2 is 1.31 bits per heavy atom. The third kappa shape index (κ3) is 14.2. The highest BCUT2D eigenvalue weighted by atomic mass is 16.5. The van der Waals surface area contributed by atoms with Crippen LogP contribution in [0.25, 0.3) is 0 Å². The SMILES string of the molecule is CCCCCCCC(C)(C)CC(CC(C)(C)COC(=O)CC(C(=O)O)C(CC(=O)O)C(=O)O)N1CCCCC1. The Bertz CT molecular complexity index is 788. The molecular formula is C30H53NO8. The topological polar surface area (TPSA) is 141 Å². The molecule has 0 bridgehead atoms. The molecule has 1 aliphatic rings. The molecule has 0 aliphatic carbocycles. The third-order valence-electron chi connectivity index (χ3n) is 7.97. The molecule has 9 nitrogen and oxygen atoms in total. The van der Waals surface area contributed by atoms with Gasteiger partial charge >= 0.3 is 23.9 Å². The van der Waals surface area contributed by atoms with Crippen molar-refractivity contribution in [1.29, 1.82) is 0 Å². The van der Waals surface area contributed by atoms with Crippen LogP contribution in [0.15, 0.2) is 0 Å². The monoisotopic (exact) mass is 555 g/mol. The second-order valence-corrected chi connectivity index (χ2v) is 13.0. The number of hydrogen-bond acceptors (Lipinski definition) is 6. The summed E-state index contributed by atoms with van der Waals surface area (Å²) in [6.45, 7) is 13.2. The zero-order valence-corrected chi connectivity index (χ0v) is 24.9. The number of hydrogen-bond donors (Lipinski definition) is 3. The fourth-order valence-electron chi connectivity index (χ4n) is 5.76. The fraction of sp³-hybridized carbons (Fsp3) is 0.867. The lowest BCUT2D eigenvalue weighted by molar-refractivity contribution is -0.162. The zero-order chi connectivity index (χ0) is 29.6. The molecule has 39 heavy (non-hydrogen) atoms. The van der Waals surface area contributed by atoms with Gasteiger partial charge in [-0.05, 0) is 50.6 Å². The van der Waals surface area contributed by atoms with Crippen LogP contribution in [-0.2, 0) is 23.9 Å². The molecule has 1 heterocycles. The average molecular weight is 556 g/mol. The first-order chi connectivity index (χ1) is 18.2. The summed E-state index contributed by atoms with van der Waals surface area (Å²) >= 11 is 0. The highest BCUT2D eigenvalue weighted by Crippen LogP contribution is 2.37. The van der Waals surface area contributed by atoms with E-state index in [2.05, 4.69) is 25.7 Å². The molecule has 9 heteroatoms. The van der Waals surface area contributed by atoms with Gasteiger partial charge in [-0.25, -0.2) is 0 Å². The Morgan fingerprint density at radius 1 is 0.769 bits per heavy atom. The number of esters is 1. The molecule has 1 fully saturated rings. The second-order valence-electron chi connectivity index (χ2n) is 13.0. The molecule has 1 rings (SSSR count). The Morgan fingerprint density at radius 3 is 1.85 bits per heavy atom. The zero-order valence-electron chi connectivity index (χ0n) is 24.9. The molecule has 3 atom stereocenters. The van der Waals surface area contributed by atoms with Crippen LogP contribution < -0.4 is 0 Å². The summed E-state index contributed by atoms with van der Waals surface area (Å²) < 4.78 is 5.48. The van der Waals surface area contributed by atoms with Crippen molar-refractivity contribution in [3.8, 4) is 0 Å². The number of carbonyl (C=O) groups is 4. The van der Waals surface area contributed by atoms with E-state index in [0.717, 1.165) is 25.9 Å². The van der Waals surface area contributed by atoms with Gasteiger partial charge in [-0.15, -0.1) is 0 Å². The second kappa shape index (κ2) is 16.8. The predicted molar refractivity (Wildman–Crippen MR) is 149 cm³/mol. The Balaban J connectivity index is 2.83. The van der Waals surface area contributed by atoms with E-state index in [4.69, 9.17) is 9.84 Å². The van der Waals surface area contributed by atoms with Gasteiger partial charge in [0.1, 0.15) is 0 Å². The summed E-state index contributed by atoms with van der Waals surface area (Å²) in [5.74, 6) is -8.73. The molecule has 0 saturated carbocycles. The van der Waals surface area contributed by atoms with E-state index in [9.17, 15) is 29.4 Å². The molecule has 226 valence electrons. The first-order valence-corrected chi connectivity index (χ1v) is 14.7. The minimum atomic E-state index is -1.71. The summed E-state index contributed by atoms with van der Waals surface area (Å²) in [4.78, 5) is 49.4. The van der Waals surface area contributed by atoms with Crippen LogP contribution in [0.2, 0.25) is 0 Å². The molecule has 1 aliphatic heterocycles. The van der Waals surface area contributed by atoms with E-state index >= 15 is 0 Å². The van der Waals surface area contributed by atoms with Gasteiger partial charge in [0, 0.05) is 11.5 Å². The standard InChI is InChI=1S/C30H53NO8/c1-6-7-8-9-11-14-29(2,3)19-22(31-15-12-10-13-16-31)20-30(4,5)21-39-26(34)18-24(28(37)38)23(27(35)36)17-25(32)33/h22-24H,6-21H2,1-5H3,(H,32,33)(H,35,36)(H,37,38). The van der Waals surface area contributed by atoms with E-state index in [1.807, 2.05) is 13.8 Å². The van der Waals surface area contributed by atoms with Gasteiger partial charge in [0.2, 0.25) is 0 Å². The molecule has 0 aromatic carbocycles. The lowest BCUT2D eigenvalue weighted by Gasteiger charge is -2.42. The highest BCUT2D eigenvalue weighted by molar-refractivity contribution is 5.86. The van der Waals surface area contributed by atoms with Gasteiger partial charge in [0.15, 0.2) is 0 Å². The minimum absolute atomic E-state index is 0.0800. The smallest absolute Gasteiger partial charge is 0.307 e. The lowest BCUT2D eigenvalue weighted by atomic mass is 9.75. The molecular weight excluding hydrogens is 502 g/mol. The molecule has 0 spiro atoms. The maximum absolute atomic E-state index is 12.6. The number of piperidine rings is 1. The summed E-state index contributed by atoms with van der Waals surface area (Å²) in [5, 5.41) is 27.8. The van der Waals surface area contributed by atoms with Gasteiger partial charge in [0.05, 0.1) is 31.3 Å². The van der Waals surface area contributed by atoms with E-state index in [1.54, 1.807) is 0 Å². The number of ether oxygens (including phenoxy) is 1. The number of carboxylic acids is 3. The number of rotatable bonds is 20. The first-order valence-electron chi connectivity index (χ1n) is 14.7. The molecule has 0 amide bonds. The van der Waals surface area contributed by atoms with Gasteiger partial charge < -0.3 is 25.0 Å². The molecule has 1 saturated heterocycles. The van der Waals surface area contributed by atoms with E-state index in [1.165, 1.54) is 57.8 Å². The number of nitrogens with zero attached hydrogens (tertiary/aromatic N) is 1. The lowest BCUT2D eigenvalue weighted by Crippen LogP contribution is -2.44. The van der Waals surface area contributed by atoms with Crippen LogP contribution in [0.4, 0.5) is 0 Å². The van der Waals surface area contributed by atoms with E-state index < -0.39 is 48.6 Å². The van der Waals surface area contributed by atoms with Crippen molar-refractivity contribution in [2.24, 2.45) is 22.7 Å².